The number of halogens is 1. The largest absolute Gasteiger partial charge is 0.469 e. The first-order valence-electron chi connectivity index (χ1n) is 6.78. The minimum absolute atomic E-state index is 0.0693. The number of rotatable bonds is 5. The number of benzene rings is 2. The average molecular weight is 318 g/mol. The predicted octanol–water partition coefficient (Wildman–Crippen LogP) is 3.37. The molecule has 2 aromatic rings. The summed E-state index contributed by atoms with van der Waals surface area (Å²) >= 11 is 5.81. The molecule has 0 aliphatic heterocycles. The molecule has 5 heteroatoms. The Morgan fingerprint density at radius 1 is 1.09 bits per heavy atom. The molecular weight excluding hydrogens is 302 g/mol. The van der Waals surface area contributed by atoms with Crippen LogP contribution < -0.4 is 5.32 Å². The van der Waals surface area contributed by atoms with Crippen LogP contribution in [0.3, 0.4) is 0 Å². The van der Waals surface area contributed by atoms with Gasteiger partial charge in [0.1, 0.15) is 0 Å². The summed E-state index contributed by atoms with van der Waals surface area (Å²) < 4.78 is 4.70. The van der Waals surface area contributed by atoms with E-state index in [1.165, 1.54) is 7.11 Å². The number of esters is 1. The summed E-state index contributed by atoms with van der Waals surface area (Å²) in [6, 6.07) is 15.4. The Bertz CT molecular complexity index is 641. The number of carbonyl (C=O) groups excluding carboxylic acids is 2. The third kappa shape index (κ3) is 4.33. The summed E-state index contributed by atoms with van der Waals surface area (Å²) in [4.78, 5) is 23.9. The lowest BCUT2D eigenvalue weighted by atomic mass is 10.0. The van der Waals surface area contributed by atoms with Crippen LogP contribution in [0.1, 0.15) is 28.4 Å². The second-order valence-corrected chi connectivity index (χ2v) is 5.16. The lowest BCUT2D eigenvalue weighted by Gasteiger charge is -2.18. The van der Waals surface area contributed by atoms with Crippen LogP contribution in [0.25, 0.3) is 0 Å². The number of amides is 1. The molecule has 1 N–H and O–H groups in total. The van der Waals surface area contributed by atoms with Crippen molar-refractivity contribution in [2.75, 3.05) is 7.11 Å². The van der Waals surface area contributed by atoms with Crippen molar-refractivity contribution in [2.45, 2.75) is 12.5 Å². The third-order valence-corrected chi connectivity index (χ3v) is 3.46. The Morgan fingerprint density at radius 3 is 2.32 bits per heavy atom. The van der Waals surface area contributed by atoms with Gasteiger partial charge in [0, 0.05) is 10.6 Å². The third-order valence-electron chi connectivity index (χ3n) is 3.21. The smallest absolute Gasteiger partial charge is 0.307 e. The van der Waals surface area contributed by atoms with Crippen molar-refractivity contribution >= 4 is 23.5 Å². The fraction of sp³-hybridized carbons (Fsp3) is 0.176. The summed E-state index contributed by atoms with van der Waals surface area (Å²) in [5.41, 5.74) is 1.32. The van der Waals surface area contributed by atoms with E-state index in [9.17, 15) is 9.59 Å². The van der Waals surface area contributed by atoms with Crippen molar-refractivity contribution in [2.24, 2.45) is 0 Å². The van der Waals surface area contributed by atoms with Crippen LogP contribution in [0.15, 0.2) is 54.6 Å². The molecule has 0 bridgehead atoms. The van der Waals surface area contributed by atoms with Gasteiger partial charge in [0.25, 0.3) is 5.91 Å². The van der Waals surface area contributed by atoms with Crippen LogP contribution in [0.2, 0.25) is 5.02 Å². The molecule has 1 atom stereocenters. The molecule has 2 rings (SSSR count). The molecule has 0 saturated heterocycles. The summed E-state index contributed by atoms with van der Waals surface area (Å²) in [5, 5.41) is 3.41. The number of hydrogen-bond donors (Lipinski definition) is 1. The Balaban J connectivity index is 2.17. The molecule has 0 fully saturated rings. The molecule has 4 nitrogen and oxygen atoms in total. The van der Waals surface area contributed by atoms with Crippen molar-refractivity contribution < 1.29 is 14.3 Å². The van der Waals surface area contributed by atoms with Crippen molar-refractivity contribution in [3.8, 4) is 0 Å². The first-order chi connectivity index (χ1) is 10.6. The van der Waals surface area contributed by atoms with Gasteiger partial charge in [0.05, 0.1) is 19.6 Å². The highest BCUT2D eigenvalue weighted by molar-refractivity contribution is 6.30. The van der Waals surface area contributed by atoms with Crippen molar-refractivity contribution in [3.63, 3.8) is 0 Å². The maximum Gasteiger partial charge on any atom is 0.307 e. The molecule has 0 spiro atoms. The molecule has 0 aromatic heterocycles. The SMILES string of the molecule is COC(=O)C[C@@H](NC(=O)c1ccc(Cl)cc1)c1ccccc1. The van der Waals surface area contributed by atoms with E-state index in [2.05, 4.69) is 5.32 Å². The zero-order valence-corrected chi connectivity index (χ0v) is 12.8. The van der Waals surface area contributed by atoms with E-state index in [0.29, 0.717) is 10.6 Å². The Hall–Kier alpha value is -2.33. The molecular formula is C17H16ClNO3. The van der Waals surface area contributed by atoms with Crippen molar-refractivity contribution in [1.29, 1.82) is 0 Å². The van der Waals surface area contributed by atoms with Crippen LogP contribution in [0.4, 0.5) is 0 Å². The molecule has 0 heterocycles. The highest BCUT2D eigenvalue weighted by Crippen LogP contribution is 2.18. The maximum absolute atomic E-state index is 12.3. The quantitative estimate of drug-likeness (QED) is 0.860. The Labute approximate surface area is 134 Å². The van der Waals surface area contributed by atoms with Crippen LogP contribution >= 0.6 is 11.6 Å². The van der Waals surface area contributed by atoms with E-state index in [-0.39, 0.29) is 18.3 Å². The van der Waals surface area contributed by atoms with Gasteiger partial charge < -0.3 is 10.1 Å². The van der Waals surface area contributed by atoms with Gasteiger partial charge >= 0.3 is 5.97 Å². The van der Waals surface area contributed by atoms with Crippen molar-refractivity contribution in [3.05, 3.63) is 70.7 Å². The summed E-state index contributed by atoms with van der Waals surface area (Å²) in [6.45, 7) is 0. The monoisotopic (exact) mass is 317 g/mol. The van der Waals surface area contributed by atoms with E-state index in [1.54, 1.807) is 24.3 Å². The van der Waals surface area contributed by atoms with E-state index in [0.717, 1.165) is 5.56 Å². The van der Waals surface area contributed by atoms with E-state index >= 15 is 0 Å². The Kier molecular flexibility index (Phi) is 5.55. The number of hydrogen-bond acceptors (Lipinski definition) is 3. The van der Waals surface area contributed by atoms with E-state index < -0.39 is 6.04 Å². The lowest BCUT2D eigenvalue weighted by Crippen LogP contribution is -2.30. The summed E-state index contributed by atoms with van der Waals surface area (Å²) in [6.07, 6.45) is 0.0693. The summed E-state index contributed by atoms with van der Waals surface area (Å²) in [5.74, 6) is -0.653. The fourth-order valence-corrected chi connectivity index (χ4v) is 2.16. The van der Waals surface area contributed by atoms with Crippen LogP contribution in [-0.2, 0) is 9.53 Å². The Morgan fingerprint density at radius 2 is 1.73 bits per heavy atom. The minimum atomic E-state index is -0.447. The molecule has 0 saturated carbocycles. The van der Waals surface area contributed by atoms with E-state index in [1.807, 2.05) is 30.3 Å². The number of ether oxygens (including phenoxy) is 1. The molecule has 0 aliphatic carbocycles. The van der Waals surface area contributed by atoms with Gasteiger partial charge in [-0.25, -0.2) is 0 Å². The zero-order valence-electron chi connectivity index (χ0n) is 12.1. The predicted molar refractivity (Wildman–Crippen MR) is 84.7 cm³/mol. The van der Waals surface area contributed by atoms with Gasteiger partial charge in [0.2, 0.25) is 0 Å². The van der Waals surface area contributed by atoms with Crippen LogP contribution in [-0.4, -0.2) is 19.0 Å². The molecule has 114 valence electrons. The zero-order chi connectivity index (χ0) is 15.9. The number of carbonyl (C=O) groups is 2. The second-order valence-electron chi connectivity index (χ2n) is 4.72. The molecule has 0 radical (unpaired) electrons. The van der Waals surface area contributed by atoms with Gasteiger partial charge in [-0.05, 0) is 29.8 Å². The lowest BCUT2D eigenvalue weighted by molar-refractivity contribution is -0.141. The molecule has 0 unspecified atom stereocenters. The van der Waals surface area contributed by atoms with Gasteiger partial charge in [-0.15, -0.1) is 0 Å². The van der Waals surface area contributed by atoms with Gasteiger partial charge in [0.15, 0.2) is 0 Å². The fourth-order valence-electron chi connectivity index (χ4n) is 2.03. The van der Waals surface area contributed by atoms with Gasteiger partial charge in [-0.1, -0.05) is 41.9 Å². The molecule has 22 heavy (non-hydrogen) atoms. The van der Waals surface area contributed by atoms with Crippen LogP contribution in [0, 0.1) is 0 Å². The molecule has 2 aromatic carbocycles. The first kappa shape index (κ1) is 16.0. The highest BCUT2D eigenvalue weighted by atomic mass is 35.5. The van der Waals surface area contributed by atoms with Gasteiger partial charge in [-0.3, -0.25) is 9.59 Å². The minimum Gasteiger partial charge on any atom is -0.469 e. The topological polar surface area (TPSA) is 55.4 Å². The van der Waals surface area contributed by atoms with Crippen molar-refractivity contribution in [1.82, 2.24) is 5.32 Å². The average Bonchev–Trinajstić information content (AvgIpc) is 2.55. The number of nitrogens with one attached hydrogen (secondary N) is 1. The first-order valence-corrected chi connectivity index (χ1v) is 7.16. The number of methoxy groups -OCH3 is 1. The van der Waals surface area contributed by atoms with Crippen LogP contribution in [0.5, 0.6) is 0 Å². The molecule has 1 amide bonds. The maximum atomic E-state index is 12.3. The standard InChI is InChI=1S/C17H16ClNO3/c1-22-16(20)11-15(12-5-3-2-4-6-12)19-17(21)13-7-9-14(18)10-8-13/h2-10,15H,11H2,1H3,(H,19,21)/t15-/m1/s1. The second kappa shape index (κ2) is 7.61. The van der Waals surface area contributed by atoms with E-state index in [4.69, 9.17) is 16.3 Å². The highest BCUT2D eigenvalue weighted by Gasteiger charge is 2.19. The van der Waals surface area contributed by atoms with Gasteiger partial charge in [-0.2, -0.15) is 0 Å². The molecule has 0 aliphatic rings. The summed E-state index contributed by atoms with van der Waals surface area (Å²) in [7, 11) is 1.32. The normalized spacial score (nSPS) is 11.5.